The first-order chi connectivity index (χ1) is 9.72. The molecule has 1 aliphatic carbocycles. The van der Waals surface area contributed by atoms with Crippen LogP contribution in [0.25, 0.3) is 0 Å². The first kappa shape index (κ1) is 14.5. The molecule has 3 fully saturated rings. The van der Waals surface area contributed by atoms with E-state index in [4.69, 9.17) is 0 Å². The van der Waals surface area contributed by atoms with Crippen LogP contribution in [-0.2, 0) is 4.79 Å². The number of carbonyl (C=O) groups is 1. The molecule has 0 aromatic rings. The summed E-state index contributed by atoms with van der Waals surface area (Å²) in [5.41, 5.74) is -0.0291. The second kappa shape index (κ2) is 6.15. The highest BCUT2D eigenvalue weighted by atomic mass is 16.1. The summed E-state index contributed by atoms with van der Waals surface area (Å²) in [4.78, 5) is 17.0. The summed E-state index contributed by atoms with van der Waals surface area (Å²) in [6, 6.07) is 1.53. The monoisotopic (exact) mass is 278 g/mol. The molecule has 2 bridgehead atoms. The number of likely N-dealkylation sites (N-methyl/N-ethyl adjacent to an activating group) is 1. The highest BCUT2D eigenvalue weighted by Crippen LogP contribution is 2.36. The first-order valence-electron chi connectivity index (χ1n) is 8.63. The molecular formula is C17H30N2O. The normalized spacial score (nSPS) is 35.5. The summed E-state index contributed by atoms with van der Waals surface area (Å²) in [7, 11) is 2.30. The Morgan fingerprint density at radius 1 is 1.05 bits per heavy atom. The molecule has 2 atom stereocenters. The van der Waals surface area contributed by atoms with Crippen molar-refractivity contribution in [1.29, 1.82) is 0 Å². The van der Waals surface area contributed by atoms with Gasteiger partial charge in [0.15, 0.2) is 0 Å². The summed E-state index contributed by atoms with van der Waals surface area (Å²) in [6.07, 6.45) is 12.7. The Labute approximate surface area is 123 Å². The molecule has 0 spiro atoms. The van der Waals surface area contributed by atoms with Gasteiger partial charge in [0, 0.05) is 30.6 Å². The van der Waals surface area contributed by atoms with Gasteiger partial charge in [0.05, 0.1) is 0 Å². The first-order valence-corrected chi connectivity index (χ1v) is 8.63. The number of likely N-dealkylation sites (tertiary alicyclic amines) is 1. The number of fused-ring (bicyclic) bond motifs is 2. The molecule has 1 saturated carbocycles. The lowest BCUT2D eigenvalue weighted by Gasteiger charge is -2.34. The molecule has 2 unspecified atom stereocenters. The molecule has 3 rings (SSSR count). The second-order valence-electron chi connectivity index (χ2n) is 7.47. The SMILES string of the molecule is CN1C2CCC1CN(CC1(C=O)CCCCCC1)CC2. The van der Waals surface area contributed by atoms with Crippen LogP contribution in [0, 0.1) is 5.41 Å². The average molecular weight is 278 g/mol. The van der Waals surface area contributed by atoms with Gasteiger partial charge < -0.3 is 9.69 Å². The van der Waals surface area contributed by atoms with Crippen molar-refractivity contribution in [2.75, 3.05) is 26.7 Å². The van der Waals surface area contributed by atoms with Crippen LogP contribution in [0.2, 0.25) is 0 Å². The zero-order chi connectivity index (χ0) is 14.0. The van der Waals surface area contributed by atoms with Crippen molar-refractivity contribution in [1.82, 2.24) is 9.80 Å². The fraction of sp³-hybridized carbons (Fsp3) is 0.941. The summed E-state index contributed by atoms with van der Waals surface area (Å²) in [5, 5.41) is 0. The maximum atomic E-state index is 11.8. The van der Waals surface area contributed by atoms with Crippen LogP contribution in [0.4, 0.5) is 0 Å². The minimum atomic E-state index is -0.0291. The molecule has 20 heavy (non-hydrogen) atoms. The van der Waals surface area contributed by atoms with Crippen molar-refractivity contribution in [3.05, 3.63) is 0 Å². The van der Waals surface area contributed by atoms with Gasteiger partial charge in [-0.1, -0.05) is 25.7 Å². The standard InChI is InChI=1S/C17H30N2O/c1-18-15-6-7-16(18)12-19(11-8-15)13-17(14-20)9-4-2-3-5-10-17/h14-16H,2-13H2,1H3. The number of nitrogens with zero attached hydrogens (tertiary/aromatic N) is 2. The third-order valence-electron chi connectivity index (χ3n) is 6.12. The lowest BCUT2D eigenvalue weighted by molar-refractivity contribution is -0.118. The maximum Gasteiger partial charge on any atom is 0.127 e. The van der Waals surface area contributed by atoms with E-state index in [0.717, 1.165) is 31.5 Å². The number of hydrogen-bond donors (Lipinski definition) is 0. The average Bonchev–Trinajstić information content (AvgIpc) is 2.62. The second-order valence-corrected chi connectivity index (χ2v) is 7.47. The van der Waals surface area contributed by atoms with Crippen molar-refractivity contribution in [2.24, 2.45) is 5.41 Å². The number of carbonyl (C=O) groups excluding carboxylic acids is 1. The van der Waals surface area contributed by atoms with Crippen LogP contribution in [0.1, 0.15) is 57.8 Å². The number of hydrogen-bond acceptors (Lipinski definition) is 3. The van der Waals surface area contributed by atoms with Crippen LogP contribution in [-0.4, -0.2) is 54.9 Å². The molecule has 3 heteroatoms. The predicted molar refractivity (Wildman–Crippen MR) is 81.8 cm³/mol. The zero-order valence-electron chi connectivity index (χ0n) is 13.0. The lowest BCUT2D eigenvalue weighted by Crippen LogP contribution is -2.43. The predicted octanol–water partition coefficient (Wildman–Crippen LogP) is 2.69. The van der Waals surface area contributed by atoms with E-state index in [2.05, 4.69) is 16.8 Å². The van der Waals surface area contributed by atoms with E-state index in [9.17, 15) is 4.79 Å². The summed E-state index contributed by atoms with van der Waals surface area (Å²) in [6.45, 7) is 3.40. The van der Waals surface area contributed by atoms with Crippen LogP contribution in [0.5, 0.6) is 0 Å². The van der Waals surface area contributed by atoms with E-state index in [1.54, 1.807) is 0 Å². The molecule has 0 radical (unpaired) electrons. The lowest BCUT2D eigenvalue weighted by atomic mass is 9.81. The number of aldehydes is 1. The Bertz CT molecular complexity index is 336. The van der Waals surface area contributed by atoms with Crippen molar-refractivity contribution in [2.45, 2.75) is 69.9 Å². The molecule has 114 valence electrons. The number of rotatable bonds is 3. The van der Waals surface area contributed by atoms with Gasteiger partial charge in [0.1, 0.15) is 6.29 Å². The topological polar surface area (TPSA) is 23.6 Å². The molecule has 2 aliphatic heterocycles. The molecule has 0 N–H and O–H groups in total. The molecule has 2 saturated heterocycles. The molecule has 0 amide bonds. The molecular weight excluding hydrogens is 248 g/mol. The fourth-order valence-corrected chi connectivity index (χ4v) is 4.71. The molecule has 0 aromatic heterocycles. The van der Waals surface area contributed by atoms with E-state index in [1.807, 2.05) is 0 Å². The van der Waals surface area contributed by atoms with Crippen LogP contribution < -0.4 is 0 Å². The van der Waals surface area contributed by atoms with Gasteiger partial charge in [-0.3, -0.25) is 4.90 Å². The van der Waals surface area contributed by atoms with Crippen LogP contribution in [0.15, 0.2) is 0 Å². The van der Waals surface area contributed by atoms with Gasteiger partial charge in [-0.2, -0.15) is 0 Å². The van der Waals surface area contributed by atoms with E-state index >= 15 is 0 Å². The minimum absolute atomic E-state index is 0.0291. The fourth-order valence-electron chi connectivity index (χ4n) is 4.71. The smallest absolute Gasteiger partial charge is 0.127 e. The Morgan fingerprint density at radius 3 is 2.45 bits per heavy atom. The quantitative estimate of drug-likeness (QED) is 0.586. The van der Waals surface area contributed by atoms with Gasteiger partial charge in [0.2, 0.25) is 0 Å². The Kier molecular flexibility index (Phi) is 4.46. The van der Waals surface area contributed by atoms with Crippen LogP contribution >= 0.6 is 0 Å². The molecule has 0 aromatic carbocycles. The largest absolute Gasteiger partial charge is 0.303 e. The molecule has 3 nitrogen and oxygen atoms in total. The third-order valence-corrected chi connectivity index (χ3v) is 6.12. The molecule has 2 heterocycles. The Morgan fingerprint density at radius 2 is 1.75 bits per heavy atom. The third kappa shape index (κ3) is 2.94. The van der Waals surface area contributed by atoms with Crippen molar-refractivity contribution >= 4 is 6.29 Å². The summed E-state index contributed by atoms with van der Waals surface area (Å²) < 4.78 is 0. The minimum Gasteiger partial charge on any atom is -0.303 e. The van der Waals surface area contributed by atoms with Crippen molar-refractivity contribution < 1.29 is 4.79 Å². The van der Waals surface area contributed by atoms with E-state index < -0.39 is 0 Å². The molecule has 3 aliphatic rings. The van der Waals surface area contributed by atoms with E-state index in [0.29, 0.717) is 0 Å². The summed E-state index contributed by atoms with van der Waals surface area (Å²) >= 11 is 0. The van der Waals surface area contributed by atoms with Gasteiger partial charge in [-0.25, -0.2) is 0 Å². The van der Waals surface area contributed by atoms with Crippen molar-refractivity contribution in [3.8, 4) is 0 Å². The van der Waals surface area contributed by atoms with Gasteiger partial charge in [-0.15, -0.1) is 0 Å². The Hall–Kier alpha value is -0.410. The van der Waals surface area contributed by atoms with Gasteiger partial charge >= 0.3 is 0 Å². The Balaban J connectivity index is 1.65. The van der Waals surface area contributed by atoms with E-state index in [-0.39, 0.29) is 5.41 Å². The van der Waals surface area contributed by atoms with Crippen molar-refractivity contribution in [3.63, 3.8) is 0 Å². The summed E-state index contributed by atoms with van der Waals surface area (Å²) in [5.74, 6) is 0. The maximum absolute atomic E-state index is 11.8. The zero-order valence-corrected chi connectivity index (χ0v) is 13.0. The highest BCUT2D eigenvalue weighted by molar-refractivity contribution is 5.59. The van der Waals surface area contributed by atoms with Gasteiger partial charge in [-0.05, 0) is 45.7 Å². The van der Waals surface area contributed by atoms with E-state index in [1.165, 1.54) is 64.3 Å². The van der Waals surface area contributed by atoms with Crippen LogP contribution in [0.3, 0.4) is 0 Å². The highest BCUT2D eigenvalue weighted by Gasteiger charge is 2.38. The van der Waals surface area contributed by atoms with Gasteiger partial charge in [0.25, 0.3) is 0 Å².